The first-order valence-corrected chi connectivity index (χ1v) is 5.46. The molecule has 21 heavy (non-hydrogen) atoms. The van der Waals surface area contributed by atoms with Crippen LogP contribution in [0.4, 0.5) is 0 Å². The number of esters is 2. The van der Waals surface area contributed by atoms with Crippen LogP contribution in [0.15, 0.2) is 61.7 Å². The number of carbonyl (C=O) groups excluding carboxylic acids is 3. The highest BCUT2D eigenvalue weighted by atomic mass is 16.8. The zero-order valence-corrected chi connectivity index (χ0v) is 11.4. The smallest absolute Gasteiger partial charge is 0.344 e. The van der Waals surface area contributed by atoms with Crippen molar-refractivity contribution in [3.05, 3.63) is 61.7 Å². The van der Waals surface area contributed by atoms with E-state index in [2.05, 4.69) is 33.9 Å². The Morgan fingerprint density at radius 1 is 1.10 bits per heavy atom. The first kappa shape index (κ1) is 17.9. The highest BCUT2D eigenvalue weighted by molar-refractivity contribution is 5.89. The Morgan fingerprint density at radius 3 is 2.29 bits per heavy atom. The average molecular weight is 294 g/mol. The molecule has 0 fully saturated rings. The van der Waals surface area contributed by atoms with Gasteiger partial charge in [-0.2, -0.15) is 0 Å². The predicted octanol–water partition coefficient (Wildman–Crippen LogP) is 1.85. The quantitative estimate of drug-likeness (QED) is 0.160. The molecule has 0 spiro atoms. The Labute approximate surface area is 121 Å². The topological polar surface area (TPSA) is 88.1 Å². The lowest BCUT2D eigenvalue weighted by Gasteiger charge is -2.09. The SMILES string of the molecule is C=CC=C(OC=O)OC(=C)OC(=O)C(C)=COC(=O)C=C. The monoisotopic (exact) mass is 294 g/mol. The first-order valence-electron chi connectivity index (χ1n) is 5.46. The van der Waals surface area contributed by atoms with E-state index >= 15 is 0 Å². The van der Waals surface area contributed by atoms with Gasteiger partial charge < -0.3 is 18.9 Å². The predicted molar refractivity (Wildman–Crippen MR) is 71.8 cm³/mol. The molecule has 0 aromatic heterocycles. The van der Waals surface area contributed by atoms with Gasteiger partial charge in [0.05, 0.1) is 5.57 Å². The molecule has 0 aliphatic rings. The Morgan fingerprint density at radius 2 is 1.76 bits per heavy atom. The summed E-state index contributed by atoms with van der Waals surface area (Å²) in [5.74, 6) is -2.33. The molecule has 0 rings (SSSR count). The van der Waals surface area contributed by atoms with Crippen LogP contribution in [0.5, 0.6) is 0 Å². The summed E-state index contributed by atoms with van der Waals surface area (Å²) in [5.41, 5.74) is -0.0273. The van der Waals surface area contributed by atoms with Gasteiger partial charge in [-0.05, 0) is 13.5 Å². The van der Waals surface area contributed by atoms with Crippen molar-refractivity contribution < 1.29 is 33.3 Å². The van der Waals surface area contributed by atoms with E-state index in [1.807, 2.05) is 0 Å². The van der Waals surface area contributed by atoms with Gasteiger partial charge in [-0.25, -0.2) is 9.59 Å². The lowest BCUT2D eigenvalue weighted by atomic mass is 10.3. The van der Waals surface area contributed by atoms with E-state index in [0.717, 1.165) is 12.3 Å². The minimum Gasteiger partial charge on any atom is -0.431 e. The Balaban J connectivity index is 4.56. The van der Waals surface area contributed by atoms with Gasteiger partial charge in [-0.15, -0.1) is 0 Å². The third-order valence-corrected chi connectivity index (χ3v) is 1.68. The van der Waals surface area contributed by atoms with Crippen molar-refractivity contribution in [1.29, 1.82) is 0 Å². The molecule has 7 nitrogen and oxygen atoms in total. The molecule has 112 valence electrons. The molecular formula is C14H14O7. The molecule has 0 aromatic rings. The average Bonchev–Trinajstić information content (AvgIpc) is 2.44. The second-order valence-corrected chi connectivity index (χ2v) is 3.24. The molecule has 0 bridgehead atoms. The van der Waals surface area contributed by atoms with Crippen molar-refractivity contribution in [2.75, 3.05) is 0 Å². The molecule has 0 unspecified atom stereocenters. The molecular weight excluding hydrogens is 280 g/mol. The van der Waals surface area contributed by atoms with Gasteiger partial charge >= 0.3 is 18.4 Å². The van der Waals surface area contributed by atoms with E-state index in [4.69, 9.17) is 4.74 Å². The summed E-state index contributed by atoms with van der Waals surface area (Å²) in [6.45, 7) is 11.3. The maximum Gasteiger partial charge on any atom is 0.344 e. The molecule has 0 aromatic carbocycles. The molecule has 0 aliphatic carbocycles. The van der Waals surface area contributed by atoms with Crippen LogP contribution in [0.2, 0.25) is 0 Å². The van der Waals surface area contributed by atoms with E-state index < -0.39 is 17.9 Å². The number of allylic oxidation sites excluding steroid dienone is 2. The number of hydrogen-bond acceptors (Lipinski definition) is 7. The van der Waals surface area contributed by atoms with Crippen LogP contribution < -0.4 is 0 Å². The molecule has 0 radical (unpaired) electrons. The second kappa shape index (κ2) is 9.79. The number of carbonyl (C=O) groups is 3. The summed E-state index contributed by atoms with van der Waals surface area (Å²) >= 11 is 0. The van der Waals surface area contributed by atoms with Gasteiger partial charge in [0.15, 0.2) is 0 Å². The van der Waals surface area contributed by atoms with Gasteiger partial charge in [-0.3, -0.25) is 4.79 Å². The molecule has 0 amide bonds. The fourth-order valence-electron chi connectivity index (χ4n) is 0.801. The van der Waals surface area contributed by atoms with E-state index in [9.17, 15) is 14.4 Å². The van der Waals surface area contributed by atoms with Crippen molar-refractivity contribution in [3.63, 3.8) is 0 Å². The fourth-order valence-corrected chi connectivity index (χ4v) is 0.801. The van der Waals surface area contributed by atoms with Gasteiger partial charge in [0, 0.05) is 12.2 Å². The second-order valence-electron chi connectivity index (χ2n) is 3.24. The molecule has 0 aliphatic heterocycles. The Bertz CT molecular complexity index is 511. The van der Waals surface area contributed by atoms with Crippen LogP contribution >= 0.6 is 0 Å². The summed E-state index contributed by atoms with van der Waals surface area (Å²) in [5, 5.41) is 0. The van der Waals surface area contributed by atoms with E-state index in [-0.39, 0.29) is 18.0 Å². The Kier molecular flexibility index (Phi) is 8.35. The minimum absolute atomic E-state index is 0.0273. The first-order chi connectivity index (χ1) is 9.94. The number of hydrogen-bond donors (Lipinski definition) is 0. The lowest BCUT2D eigenvalue weighted by Crippen LogP contribution is -2.09. The van der Waals surface area contributed by atoms with Crippen LogP contribution in [0.3, 0.4) is 0 Å². The van der Waals surface area contributed by atoms with E-state index in [1.165, 1.54) is 19.1 Å². The Hall–Kier alpha value is -3.09. The summed E-state index contributed by atoms with van der Waals surface area (Å²) in [7, 11) is 0. The number of rotatable bonds is 9. The molecule has 0 saturated carbocycles. The number of ether oxygens (including phenoxy) is 4. The molecule has 0 atom stereocenters. The van der Waals surface area contributed by atoms with Gasteiger partial charge in [0.2, 0.25) is 0 Å². The van der Waals surface area contributed by atoms with Crippen molar-refractivity contribution in [2.24, 2.45) is 0 Å². The van der Waals surface area contributed by atoms with Crippen LogP contribution in [0.1, 0.15) is 6.92 Å². The van der Waals surface area contributed by atoms with Crippen molar-refractivity contribution in [3.8, 4) is 0 Å². The van der Waals surface area contributed by atoms with Crippen molar-refractivity contribution in [2.45, 2.75) is 6.92 Å². The van der Waals surface area contributed by atoms with E-state index in [1.54, 1.807) is 0 Å². The van der Waals surface area contributed by atoms with Crippen LogP contribution in [0.25, 0.3) is 0 Å². The third kappa shape index (κ3) is 7.83. The van der Waals surface area contributed by atoms with Gasteiger partial charge in [0.1, 0.15) is 6.26 Å². The largest absolute Gasteiger partial charge is 0.431 e. The van der Waals surface area contributed by atoms with Crippen LogP contribution in [-0.4, -0.2) is 18.4 Å². The van der Waals surface area contributed by atoms with Crippen molar-refractivity contribution in [1.82, 2.24) is 0 Å². The highest BCUT2D eigenvalue weighted by Gasteiger charge is 2.12. The van der Waals surface area contributed by atoms with Crippen LogP contribution in [0, 0.1) is 0 Å². The fraction of sp³-hybridized carbons (Fsp3) is 0.0714. The van der Waals surface area contributed by atoms with Gasteiger partial charge in [0.25, 0.3) is 11.9 Å². The standard InChI is InChI=1S/C14H14O7/c1-5-7-13(19-9-15)20-11(4)21-14(17)10(3)8-18-12(16)6-2/h5-9H,1-2,4H2,3H3. The zero-order chi connectivity index (χ0) is 16.3. The van der Waals surface area contributed by atoms with Crippen molar-refractivity contribution >= 4 is 18.4 Å². The maximum atomic E-state index is 11.6. The normalized spacial score (nSPS) is 10.9. The highest BCUT2D eigenvalue weighted by Crippen LogP contribution is 2.10. The summed E-state index contributed by atoms with van der Waals surface area (Å²) in [6, 6.07) is 0. The van der Waals surface area contributed by atoms with E-state index in [0.29, 0.717) is 0 Å². The molecule has 0 heterocycles. The summed E-state index contributed by atoms with van der Waals surface area (Å²) in [6.07, 6.45) is 4.32. The van der Waals surface area contributed by atoms with Crippen LogP contribution in [-0.2, 0) is 33.3 Å². The maximum absolute atomic E-state index is 11.6. The van der Waals surface area contributed by atoms with Gasteiger partial charge in [-0.1, -0.05) is 19.2 Å². The third-order valence-electron chi connectivity index (χ3n) is 1.68. The minimum atomic E-state index is -0.874. The molecule has 7 heteroatoms. The zero-order valence-electron chi connectivity index (χ0n) is 11.4. The molecule has 0 saturated heterocycles. The summed E-state index contributed by atoms with van der Waals surface area (Å²) in [4.78, 5) is 32.6. The molecule has 0 N–H and O–H groups in total. The lowest BCUT2D eigenvalue weighted by molar-refractivity contribution is -0.142. The summed E-state index contributed by atoms with van der Waals surface area (Å²) < 4.78 is 18.5.